The third-order valence-electron chi connectivity index (χ3n) is 6.34. The number of hydrogen-bond donors (Lipinski definition) is 0. The van der Waals surface area contributed by atoms with Crippen LogP contribution >= 0.6 is 34.5 Å². The van der Waals surface area contributed by atoms with Gasteiger partial charge in [0, 0.05) is 39.2 Å². The van der Waals surface area contributed by atoms with Gasteiger partial charge in [-0.25, -0.2) is 4.98 Å². The Morgan fingerprint density at radius 2 is 1.72 bits per heavy atom. The Morgan fingerprint density at radius 3 is 2.51 bits per heavy atom. The summed E-state index contributed by atoms with van der Waals surface area (Å²) in [7, 11) is 1.67. The van der Waals surface area contributed by atoms with Crippen LogP contribution in [0.4, 0.5) is 5.69 Å². The van der Waals surface area contributed by atoms with Crippen molar-refractivity contribution in [1.29, 1.82) is 0 Å². The molecule has 0 spiro atoms. The van der Waals surface area contributed by atoms with E-state index in [-0.39, 0.29) is 24.7 Å². The molecule has 0 aliphatic carbocycles. The predicted octanol–water partition coefficient (Wildman–Crippen LogP) is 7.93. The molecule has 0 saturated heterocycles. The van der Waals surface area contributed by atoms with Crippen LogP contribution < -0.4 is 9.64 Å². The van der Waals surface area contributed by atoms with Gasteiger partial charge in [-0.15, -0.1) is 11.3 Å². The smallest absolute Gasteiger partial charge is 0.232 e. The molecule has 0 aliphatic rings. The Balaban J connectivity index is 1.31. The van der Waals surface area contributed by atoms with Crippen LogP contribution in [0.3, 0.4) is 0 Å². The second kappa shape index (κ2) is 11.6. The molecule has 196 valence electrons. The number of carbonyl (C=O) groups excluding carboxylic acids is 2. The van der Waals surface area contributed by atoms with Crippen molar-refractivity contribution in [3.8, 4) is 5.75 Å². The fourth-order valence-electron chi connectivity index (χ4n) is 4.19. The standard InChI is InChI=1S/C31H24Cl2N2O3S/c1-19-11-12-20-9-6-10-26(30(20)34-19)38-18-23-24(32)14-15-25(29(23)33)35(2)28(36)17-22-13-16-27(39-22)31(37)21-7-4-3-5-8-21/h3-16H,17-18H2,1-2H3. The number of hydrogen-bond acceptors (Lipinski definition) is 5. The van der Waals surface area contributed by atoms with E-state index in [1.807, 2.05) is 61.5 Å². The van der Waals surface area contributed by atoms with E-state index >= 15 is 0 Å². The summed E-state index contributed by atoms with van der Waals surface area (Å²) in [4.78, 5) is 33.4. The van der Waals surface area contributed by atoms with Gasteiger partial charge in [-0.2, -0.15) is 0 Å². The molecule has 0 atom stereocenters. The summed E-state index contributed by atoms with van der Waals surface area (Å²) in [5, 5.41) is 1.75. The molecule has 2 heterocycles. The first-order chi connectivity index (χ1) is 18.8. The summed E-state index contributed by atoms with van der Waals surface area (Å²) in [5.41, 5.74) is 3.36. The number of anilines is 1. The van der Waals surface area contributed by atoms with E-state index in [0.717, 1.165) is 21.5 Å². The van der Waals surface area contributed by atoms with Crippen molar-refractivity contribution in [1.82, 2.24) is 4.98 Å². The molecular weight excluding hydrogens is 551 g/mol. The highest BCUT2D eigenvalue weighted by Crippen LogP contribution is 2.36. The fraction of sp³-hybridized carbons (Fsp3) is 0.129. The Kier molecular flexibility index (Phi) is 7.98. The van der Waals surface area contributed by atoms with E-state index < -0.39 is 0 Å². The van der Waals surface area contributed by atoms with Crippen LogP contribution in [-0.4, -0.2) is 23.7 Å². The lowest BCUT2D eigenvalue weighted by atomic mass is 10.1. The summed E-state index contributed by atoms with van der Waals surface area (Å²) in [5.74, 6) is 0.395. The maximum Gasteiger partial charge on any atom is 0.232 e. The maximum atomic E-state index is 13.2. The van der Waals surface area contributed by atoms with Gasteiger partial charge in [0.05, 0.1) is 22.0 Å². The summed E-state index contributed by atoms with van der Waals surface area (Å²) in [6.07, 6.45) is 0.134. The third kappa shape index (κ3) is 5.83. The van der Waals surface area contributed by atoms with Crippen molar-refractivity contribution < 1.29 is 14.3 Å². The van der Waals surface area contributed by atoms with Crippen LogP contribution in [0, 0.1) is 6.92 Å². The van der Waals surface area contributed by atoms with Crippen molar-refractivity contribution in [3.63, 3.8) is 0 Å². The molecule has 0 N–H and O–H groups in total. The molecule has 39 heavy (non-hydrogen) atoms. The minimum Gasteiger partial charge on any atom is -0.487 e. The Hall–Kier alpha value is -3.71. The van der Waals surface area contributed by atoms with Gasteiger partial charge in [0.1, 0.15) is 17.9 Å². The zero-order chi connectivity index (χ0) is 27.5. The number of rotatable bonds is 8. The normalized spacial score (nSPS) is 11.0. The van der Waals surface area contributed by atoms with Gasteiger partial charge in [0.25, 0.3) is 0 Å². The number of nitrogens with zero attached hydrogens (tertiary/aromatic N) is 2. The van der Waals surface area contributed by atoms with Crippen molar-refractivity contribution in [2.24, 2.45) is 0 Å². The van der Waals surface area contributed by atoms with Crippen LogP contribution in [0.15, 0.2) is 84.9 Å². The number of pyridine rings is 1. The molecule has 0 bridgehead atoms. The van der Waals surface area contributed by atoms with Crippen molar-refractivity contribution in [3.05, 3.63) is 122 Å². The van der Waals surface area contributed by atoms with E-state index in [1.165, 1.54) is 16.2 Å². The first-order valence-electron chi connectivity index (χ1n) is 12.2. The molecular formula is C31H24Cl2N2O3S. The lowest BCUT2D eigenvalue weighted by molar-refractivity contribution is -0.117. The number of aryl methyl sites for hydroxylation is 1. The topological polar surface area (TPSA) is 59.5 Å². The number of thiophene rings is 1. The van der Waals surface area contributed by atoms with Crippen LogP contribution in [0.1, 0.15) is 31.4 Å². The first kappa shape index (κ1) is 26.9. The molecule has 5 nitrogen and oxygen atoms in total. The van der Waals surface area contributed by atoms with Crippen LogP contribution in [0.2, 0.25) is 10.0 Å². The monoisotopic (exact) mass is 574 g/mol. The average Bonchev–Trinajstić information content (AvgIpc) is 3.41. The zero-order valence-electron chi connectivity index (χ0n) is 21.3. The maximum absolute atomic E-state index is 13.2. The molecule has 8 heteroatoms. The number of aromatic nitrogens is 1. The van der Waals surface area contributed by atoms with Crippen molar-refractivity contribution in [2.75, 3.05) is 11.9 Å². The molecule has 5 rings (SSSR count). The number of benzene rings is 3. The molecule has 0 aliphatic heterocycles. The van der Waals surface area contributed by atoms with Gasteiger partial charge in [0.2, 0.25) is 11.7 Å². The Labute approximate surface area is 240 Å². The number of fused-ring (bicyclic) bond motifs is 1. The number of halogens is 2. The van der Waals surface area contributed by atoms with Gasteiger partial charge >= 0.3 is 0 Å². The highest BCUT2D eigenvalue weighted by atomic mass is 35.5. The van der Waals surface area contributed by atoms with Crippen LogP contribution in [-0.2, 0) is 17.8 Å². The summed E-state index contributed by atoms with van der Waals surface area (Å²) in [6, 6.07) is 25.8. The molecule has 5 aromatic rings. The second-order valence-electron chi connectivity index (χ2n) is 9.02. The minimum atomic E-state index is -0.166. The van der Waals surface area contributed by atoms with Gasteiger partial charge in [-0.1, -0.05) is 71.7 Å². The number of ether oxygens (including phenoxy) is 1. The van der Waals surface area contributed by atoms with Crippen molar-refractivity contribution >= 4 is 62.8 Å². The number of likely N-dealkylation sites (N-methyl/N-ethyl adjacent to an activating group) is 1. The minimum absolute atomic E-state index is 0.0606. The molecule has 0 fully saturated rings. The van der Waals surface area contributed by atoms with Gasteiger partial charge < -0.3 is 9.64 Å². The SMILES string of the molecule is Cc1ccc2cccc(OCc3c(Cl)ccc(N(C)C(=O)Cc4ccc(C(=O)c5ccccc5)s4)c3Cl)c2n1. The molecule has 1 amide bonds. The largest absolute Gasteiger partial charge is 0.487 e. The Bertz CT molecular complexity index is 1680. The molecule has 0 saturated carbocycles. The second-order valence-corrected chi connectivity index (χ2v) is 11.0. The summed E-state index contributed by atoms with van der Waals surface area (Å²) >= 11 is 14.6. The van der Waals surface area contributed by atoms with Gasteiger partial charge in [-0.3, -0.25) is 9.59 Å². The summed E-state index contributed by atoms with van der Waals surface area (Å²) in [6.45, 7) is 2.04. The first-order valence-corrected chi connectivity index (χ1v) is 13.8. The Morgan fingerprint density at radius 1 is 0.923 bits per heavy atom. The lowest BCUT2D eigenvalue weighted by Gasteiger charge is -2.21. The third-order valence-corrected chi connectivity index (χ3v) is 8.20. The van der Waals surface area contributed by atoms with Crippen LogP contribution in [0.25, 0.3) is 10.9 Å². The number of carbonyl (C=O) groups is 2. The number of ketones is 1. The predicted molar refractivity (Wildman–Crippen MR) is 159 cm³/mol. The van der Waals surface area contributed by atoms with E-state index in [1.54, 1.807) is 37.4 Å². The zero-order valence-corrected chi connectivity index (χ0v) is 23.6. The molecule has 3 aromatic carbocycles. The molecule has 0 unspecified atom stereocenters. The van der Waals surface area contributed by atoms with E-state index in [9.17, 15) is 9.59 Å². The highest BCUT2D eigenvalue weighted by Gasteiger charge is 2.21. The average molecular weight is 576 g/mol. The van der Waals surface area contributed by atoms with E-state index in [0.29, 0.717) is 37.5 Å². The van der Waals surface area contributed by atoms with E-state index in [2.05, 4.69) is 4.98 Å². The van der Waals surface area contributed by atoms with Crippen molar-refractivity contribution in [2.45, 2.75) is 20.0 Å². The molecule has 0 radical (unpaired) electrons. The van der Waals surface area contributed by atoms with Crippen LogP contribution in [0.5, 0.6) is 5.75 Å². The number of para-hydroxylation sites is 1. The number of amides is 1. The lowest BCUT2D eigenvalue weighted by Crippen LogP contribution is -2.28. The quantitative estimate of drug-likeness (QED) is 0.176. The van der Waals surface area contributed by atoms with Gasteiger partial charge in [0.15, 0.2) is 0 Å². The van der Waals surface area contributed by atoms with Gasteiger partial charge in [-0.05, 0) is 43.3 Å². The summed E-state index contributed by atoms with van der Waals surface area (Å²) < 4.78 is 6.11. The molecule has 2 aromatic heterocycles. The highest BCUT2D eigenvalue weighted by molar-refractivity contribution is 7.14. The fourth-order valence-corrected chi connectivity index (χ4v) is 5.76. The van der Waals surface area contributed by atoms with E-state index in [4.69, 9.17) is 27.9 Å².